The van der Waals surface area contributed by atoms with Crippen molar-refractivity contribution in [3.63, 3.8) is 0 Å². The first kappa shape index (κ1) is 63.5. The minimum absolute atomic E-state index is 0.0149. The molecule has 0 saturated carbocycles. The second-order valence-corrected chi connectivity index (χ2v) is 27.5. The Balaban J connectivity index is 0.00000240. The zero-order valence-corrected chi connectivity index (χ0v) is 49.3. The van der Waals surface area contributed by atoms with Crippen LogP contribution in [0.15, 0.2) is 111 Å². The third-order valence-electron chi connectivity index (χ3n) is 11.4. The zero-order valence-electron chi connectivity index (χ0n) is 42.0. The average Bonchev–Trinajstić information content (AvgIpc) is 3.93. The Hall–Kier alpha value is -7.10. The number of imidazole rings is 1. The van der Waals surface area contributed by atoms with Gasteiger partial charge in [-0.05, 0) is 104 Å². The Labute approximate surface area is 484 Å². The Bertz CT molecular complexity index is 4870. The number of fused-ring (bicyclic) bond motifs is 6. The van der Waals surface area contributed by atoms with Gasteiger partial charge >= 0.3 is 10.6 Å². The number of aryl methyl sites for hydroxylation is 2. The van der Waals surface area contributed by atoms with Gasteiger partial charge in [0.1, 0.15) is 38.4 Å². The number of thiazole rings is 1. The first-order chi connectivity index (χ1) is 38.5. The monoisotopic (exact) mass is 1320 g/mol. The smallest absolute Gasteiger partial charge is 0.425 e. The molecule has 0 atom stereocenters. The molecule has 0 amide bonds. The quantitative estimate of drug-likeness (QED) is 0.0190. The second kappa shape index (κ2) is 24.6. The first-order valence-corrected chi connectivity index (χ1v) is 33.3. The predicted octanol–water partition coefficient (Wildman–Crippen LogP) is 9.42. The molecular formula is C44H37ClN10O20S8. The van der Waals surface area contributed by atoms with Crippen molar-refractivity contribution >= 4 is 167 Å². The molecule has 30 nitrogen and oxygen atoms in total. The number of benzene rings is 5. The molecule has 83 heavy (non-hydrogen) atoms. The second-order valence-electron chi connectivity index (χ2n) is 17.2. The van der Waals surface area contributed by atoms with Crippen LogP contribution in [0.25, 0.3) is 37.7 Å². The van der Waals surface area contributed by atoms with E-state index in [1.165, 1.54) is 31.2 Å². The van der Waals surface area contributed by atoms with Crippen LogP contribution >= 0.6 is 34.7 Å². The highest BCUT2D eigenvalue weighted by atomic mass is 35.5. The fourth-order valence-corrected chi connectivity index (χ4v) is 13.0. The normalized spacial score (nSPS) is 12.8. The van der Waals surface area contributed by atoms with Crippen LogP contribution in [0.4, 0.5) is 33.6 Å². The van der Waals surface area contributed by atoms with Gasteiger partial charge in [-0.2, -0.15) is 52.5 Å². The highest BCUT2D eigenvalue weighted by molar-refractivity contribution is 7.99. The molecule has 6 N–H and O–H groups in total. The maximum absolute atomic E-state index is 12.5. The fourth-order valence-electron chi connectivity index (χ4n) is 7.68. The number of pyridine rings is 1. The number of rotatable bonds is 19. The van der Waals surface area contributed by atoms with E-state index < -0.39 is 93.3 Å². The van der Waals surface area contributed by atoms with Crippen molar-refractivity contribution < 1.29 is 87.3 Å². The van der Waals surface area contributed by atoms with Crippen molar-refractivity contribution in [3.8, 4) is 17.7 Å². The lowest BCUT2D eigenvalue weighted by Gasteiger charge is -2.12. The molecule has 3 heterocycles. The lowest BCUT2D eigenvalue weighted by atomic mass is 10.1. The summed E-state index contributed by atoms with van der Waals surface area (Å²) in [6.45, 7) is 4.36. The van der Waals surface area contributed by atoms with E-state index >= 15 is 0 Å². The molecule has 438 valence electrons. The summed E-state index contributed by atoms with van der Waals surface area (Å²) in [5, 5.41) is 47.6. The molecule has 0 aliphatic rings. The number of hydrogen-bond acceptors (Lipinski definition) is 26. The molecule has 39 heteroatoms. The van der Waals surface area contributed by atoms with E-state index in [4.69, 9.17) is 29.0 Å². The molecular weight excluding hydrogens is 1280 g/mol. The maximum Gasteiger partial charge on any atom is 0.425 e. The number of thioether (sulfide) groups is 1. The van der Waals surface area contributed by atoms with Gasteiger partial charge in [-0.25, -0.2) is 9.97 Å². The standard InChI is InChI=1S/C44H37ClN10O17S7.O3S/c1-21-12-32(51-53-39-23(3)27(20-46)42-47-31-16-28(45)37(78(66,67)68)19-34(31)55(42)43(39)56)35(72-8-4-10-75(57,58)59)17-29(21)49-52-33-13-22(2)30(18-36(33)73-9-5-11-76(60,61)62)50-54-44-48-40-38(79(69,70)71)14-24-6-7-25(77(63,64)65)15-26(24)41(40)74-44;1-4(2)3/h6-7,12-19,56H,4-5,8-11H2,1-3H3,(H,57,58,59)(H,60,61,62)(H,63,64,65)(H,66,67,68)(H,69,70,71);. The molecule has 0 fully saturated rings. The SMILES string of the molecule is Cc1cc(N=Nc2cc(OCCCS(=O)(=O)O)c(N=Nc3c(C)c(C#N)c4nc5cc(Cl)c(S(=O)(=O)O)cc5n4c3O)cc2C)c(SCCCS(=O)(=O)O)cc1N=Nc1nc2c(S(=O)(=O)O)cc3ccc(S(=O)(=O)O)cc3c2s1.O=S(=O)=O. The number of hydrogen-bond donors (Lipinski definition) is 6. The third kappa shape index (κ3) is 15.4. The topological polar surface area (TPSA) is 481 Å². The van der Waals surface area contributed by atoms with Crippen LogP contribution in [0.1, 0.15) is 35.1 Å². The summed E-state index contributed by atoms with van der Waals surface area (Å²) in [5.74, 6) is -1.87. The number of nitrogens with zero attached hydrogens (tertiary/aromatic N) is 10. The van der Waals surface area contributed by atoms with Crippen LogP contribution in [0.5, 0.6) is 11.6 Å². The molecule has 0 bridgehead atoms. The minimum atomic E-state index is -4.88. The van der Waals surface area contributed by atoms with Crippen LogP contribution in [-0.2, 0) is 61.2 Å². The summed E-state index contributed by atoms with van der Waals surface area (Å²) >= 11 is 8.01. The fraction of sp³-hybridized carbons (Fsp3) is 0.205. The van der Waals surface area contributed by atoms with Crippen molar-refractivity contribution in [1.29, 1.82) is 5.26 Å². The Morgan fingerprint density at radius 3 is 1.92 bits per heavy atom. The minimum Gasteiger partial charge on any atom is -0.493 e. The highest BCUT2D eigenvalue weighted by Crippen LogP contribution is 2.44. The number of azo groups is 3. The maximum atomic E-state index is 12.5. The van der Waals surface area contributed by atoms with Crippen LogP contribution in [-0.4, -0.2) is 121 Å². The van der Waals surface area contributed by atoms with Gasteiger partial charge in [0.15, 0.2) is 11.3 Å². The van der Waals surface area contributed by atoms with E-state index in [-0.39, 0.29) is 118 Å². The van der Waals surface area contributed by atoms with Gasteiger partial charge < -0.3 is 9.84 Å². The molecule has 8 aromatic rings. The van der Waals surface area contributed by atoms with Gasteiger partial charge in [-0.1, -0.05) is 29.0 Å². The summed E-state index contributed by atoms with van der Waals surface area (Å²) in [4.78, 5) is 7.14. The average molecular weight is 1320 g/mol. The Kier molecular flexibility index (Phi) is 18.8. The molecule has 8 rings (SSSR count). The lowest BCUT2D eigenvalue weighted by molar-refractivity contribution is 0.317. The summed E-state index contributed by atoms with van der Waals surface area (Å²) in [6.07, 6.45) is -0.217. The molecule has 0 unspecified atom stereocenters. The van der Waals surface area contributed by atoms with Crippen molar-refractivity contribution in [2.75, 3.05) is 23.9 Å². The number of nitriles is 1. The molecule has 5 aromatic carbocycles. The molecule has 3 aromatic heterocycles. The first-order valence-electron chi connectivity index (χ1n) is 22.6. The van der Waals surface area contributed by atoms with E-state index in [2.05, 4.69) is 40.7 Å². The van der Waals surface area contributed by atoms with Gasteiger partial charge in [0.05, 0.1) is 60.8 Å². The number of aromatic hydroxyl groups is 1. The van der Waals surface area contributed by atoms with Crippen LogP contribution < -0.4 is 4.74 Å². The van der Waals surface area contributed by atoms with Gasteiger partial charge in [-0.3, -0.25) is 27.2 Å². The van der Waals surface area contributed by atoms with E-state index in [1.807, 2.05) is 6.07 Å². The predicted molar refractivity (Wildman–Crippen MR) is 298 cm³/mol. The Morgan fingerprint density at radius 1 is 0.711 bits per heavy atom. The summed E-state index contributed by atoms with van der Waals surface area (Å²) in [7, 11) is -26.3. The van der Waals surface area contributed by atoms with Crippen molar-refractivity contribution in [1.82, 2.24) is 14.4 Å². The van der Waals surface area contributed by atoms with Gasteiger partial charge in [0, 0.05) is 21.9 Å². The third-order valence-corrected chi connectivity index (χ3v) is 18.1. The van der Waals surface area contributed by atoms with E-state index in [1.54, 1.807) is 19.9 Å². The molecule has 0 radical (unpaired) electrons. The van der Waals surface area contributed by atoms with E-state index in [0.29, 0.717) is 16.0 Å². The van der Waals surface area contributed by atoms with Crippen molar-refractivity contribution in [2.24, 2.45) is 30.7 Å². The summed E-state index contributed by atoms with van der Waals surface area (Å²) in [5.41, 5.74) is 0.600. The van der Waals surface area contributed by atoms with Crippen LogP contribution in [0, 0.1) is 32.1 Å². The van der Waals surface area contributed by atoms with Crippen LogP contribution in [0.3, 0.4) is 0 Å². The van der Waals surface area contributed by atoms with Crippen molar-refractivity contribution in [2.45, 2.75) is 53.2 Å². The van der Waals surface area contributed by atoms with Gasteiger partial charge in [-0.15, -0.1) is 50.0 Å². The van der Waals surface area contributed by atoms with E-state index in [9.17, 15) is 75.2 Å². The summed E-state index contributed by atoms with van der Waals surface area (Å²) < 4.78 is 200. The number of halogens is 1. The van der Waals surface area contributed by atoms with Gasteiger partial charge in [0.25, 0.3) is 50.6 Å². The highest BCUT2D eigenvalue weighted by Gasteiger charge is 2.26. The van der Waals surface area contributed by atoms with Crippen molar-refractivity contribution in [3.05, 3.63) is 87.9 Å². The molecule has 0 saturated heterocycles. The molecule has 0 aliphatic carbocycles. The zero-order chi connectivity index (χ0) is 61.3. The molecule has 0 spiro atoms. The number of aromatic nitrogens is 3. The number of ether oxygens (including phenoxy) is 1. The Morgan fingerprint density at radius 2 is 1.30 bits per heavy atom. The van der Waals surface area contributed by atoms with Gasteiger partial charge in [0.2, 0.25) is 11.0 Å². The lowest BCUT2D eigenvalue weighted by Crippen LogP contribution is -2.08. The van der Waals surface area contributed by atoms with E-state index in [0.717, 1.165) is 57.8 Å². The summed E-state index contributed by atoms with van der Waals surface area (Å²) in [6, 6.07) is 14.4. The molecule has 0 aliphatic heterocycles. The van der Waals surface area contributed by atoms with Crippen LogP contribution in [0.2, 0.25) is 5.02 Å². The largest absolute Gasteiger partial charge is 0.493 e.